The number of amides is 2. The summed E-state index contributed by atoms with van der Waals surface area (Å²) in [4.78, 5) is 27.9. The lowest BCUT2D eigenvalue weighted by molar-refractivity contribution is -0.134. The molecule has 1 N–H and O–H groups in total. The zero-order valence-corrected chi connectivity index (χ0v) is 20.3. The van der Waals surface area contributed by atoms with Gasteiger partial charge in [-0.05, 0) is 42.5 Å². The highest BCUT2D eigenvalue weighted by atomic mass is 16.5. The van der Waals surface area contributed by atoms with Crippen molar-refractivity contribution in [3.05, 3.63) is 89.2 Å². The van der Waals surface area contributed by atoms with Crippen LogP contribution >= 0.6 is 0 Å². The second-order valence-corrected chi connectivity index (χ2v) is 9.64. The van der Waals surface area contributed by atoms with Crippen LogP contribution in [0.4, 0.5) is 0 Å². The number of nitrogens with zero attached hydrogens (tertiary/aromatic N) is 3. The maximum Gasteiger partial charge on any atom is 0.244 e. The number of nitrogens with one attached hydrogen (secondary N) is 1. The minimum atomic E-state index is -0.241. The van der Waals surface area contributed by atoms with Crippen LogP contribution in [0.3, 0.4) is 0 Å². The van der Waals surface area contributed by atoms with Crippen LogP contribution < -0.4 is 5.32 Å². The molecule has 3 aromatic rings. The third-order valence-electron chi connectivity index (χ3n) is 7.54. The minimum absolute atomic E-state index is 0.0165. The van der Waals surface area contributed by atoms with Crippen molar-refractivity contribution in [2.24, 2.45) is 0 Å². The monoisotopic (exact) mass is 472 g/mol. The first kappa shape index (κ1) is 23.3. The summed E-state index contributed by atoms with van der Waals surface area (Å²) < 4.78 is 7.81. The number of aromatic nitrogens is 2. The number of likely N-dealkylation sites (tertiary alicyclic amines) is 1. The number of carbonyl (C=O) groups excluding carboxylic acids is 2. The van der Waals surface area contributed by atoms with Gasteiger partial charge in [-0.3, -0.25) is 14.3 Å². The van der Waals surface area contributed by atoms with Crippen LogP contribution in [0.15, 0.2) is 66.9 Å². The lowest BCUT2D eigenvalue weighted by Crippen LogP contribution is -2.52. The van der Waals surface area contributed by atoms with E-state index in [9.17, 15) is 9.59 Å². The number of hydrogen-bond donors (Lipinski definition) is 1. The number of methoxy groups -OCH3 is 1. The van der Waals surface area contributed by atoms with Gasteiger partial charge in [0.15, 0.2) is 0 Å². The molecule has 2 aliphatic rings. The maximum absolute atomic E-state index is 13.0. The third-order valence-corrected chi connectivity index (χ3v) is 7.54. The third kappa shape index (κ3) is 4.48. The summed E-state index contributed by atoms with van der Waals surface area (Å²) >= 11 is 0. The molecule has 2 aromatic carbocycles. The van der Waals surface area contributed by atoms with Crippen molar-refractivity contribution in [3.8, 4) is 0 Å². The number of piperidine rings is 1. The highest BCUT2D eigenvalue weighted by Gasteiger charge is 2.54. The molecule has 0 radical (unpaired) electrons. The predicted molar refractivity (Wildman–Crippen MR) is 133 cm³/mol. The first-order chi connectivity index (χ1) is 17.0. The van der Waals surface area contributed by atoms with E-state index in [1.807, 2.05) is 60.5 Å². The molecular formula is C28H32N4O3. The number of rotatable bonds is 6. The van der Waals surface area contributed by atoms with E-state index in [2.05, 4.69) is 28.6 Å². The first-order valence-electron chi connectivity index (χ1n) is 12.2. The summed E-state index contributed by atoms with van der Waals surface area (Å²) in [6.45, 7) is 3.47. The molecule has 1 aliphatic carbocycles. The van der Waals surface area contributed by atoms with Gasteiger partial charge < -0.3 is 15.0 Å². The Bertz CT molecular complexity index is 1200. The van der Waals surface area contributed by atoms with Gasteiger partial charge in [-0.15, -0.1) is 0 Å². The first-order valence-corrected chi connectivity index (χ1v) is 12.2. The average molecular weight is 473 g/mol. The Hall–Kier alpha value is -3.45. The summed E-state index contributed by atoms with van der Waals surface area (Å²) in [5.41, 5.74) is 3.99. The van der Waals surface area contributed by atoms with Gasteiger partial charge in [-0.1, -0.05) is 54.6 Å². The van der Waals surface area contributed by atoms with E-state index in [0.29, 0.717) is 19.5 Å². The highest BCUT2D eigenvalue weighted by molar-refractivity contribution is 5.79. The normalized spacial score (nSPS) is 20.6. The lowest BCUT2D eigenvalue weighted by Gasteiger charge is -2.44. The van der Waals surface area contributed by atoms with Gasteiger partial charge in [0.2, 0.25) is 11.8 Å². The Morgan fingerprint density at radius 1 is 1.06 bits per heavy atom. The Labute approximate surface area is 206 Å². The maximum atomic E-state index is 13.0. The number of ether oxygens (including phenoxy) is 1. The Morgan fingerprint density at radius 2 is 1.77 bits per heavy atom. The van der Waals surface area contributed by atoms with Gasteiger partial charge in [-0.25, -0.2) is 0 Å². The fourth-order valence-electron chi connectivity index (χ4n) is 5.88. The molecule has 1 saturated heterocycles. The van der Waals surface area contributed by atoms with Crippen LogP contribution in [0.2, 0.25) is 0 Å². The molecule has 1 spiro atoms. The van der Waals surface area contributed by atoms with E-state index in [1.165, 1.54) is 5.56 Å². The molecule has 0 saturated carbocycles. The molecular weight excluding hydrogens is 440 g/mol. The fourth-order valence-corrected chi connectivity index (χ4v) is 5.88. The highest BCUT2D eigenvalue weighted by Crippen LogP contribution is 2.52. The van der Waals surface area contributed by atoms with Gasteiger partial charge in [-0.2, -0.15) is 5.10 Å². The van der Waals surface area contributed by atoms with Crippen molar-refractivity contribution in [2.75, 3.05) is 20.2 Å². The van der Waals surface area contributed by atoms with E-state index in [4.69, 9.17) is 4.74 Å². The number of hydrogen-bond acceptors (Lipinski definition) is 4. The number of carbonyl (C=O) groups is 2. The number of aryl methyl sites for hydroxylation is 1. The smallest absolute Gasteiger partial charge is 0.244 e. The lowest BCUT2D eigenvalue weighted by atomic mass is 9.72. The second-order valence-electron chi connectivity index (χ2n) is 9.64. The summed E-state index contributed by atoms with van der Waals surface area (Å²) in [5, 5.41) is 7.62. The molecule has 35 heavy (non-hydrogen) atoms. The largest absolute Gasteiger partial charge is 0.378 e. The van der Waals surface area contributed by atoms with Gasteiger partial charge in [0, 0.05) is 31.8 Å². The van der Waals surface area contributed by atoms with Crippen molar-refractivity contribution in [2.45, 2.75) is 50.3 Å². The van der Waals surface area contributed by atoms with Gasteiger partial charge in [0.1, 0.15) is 6.54 Å². The van der Waals surface area contributed by atoms with E-state index in [-0.39, 0.29) is 35.9 Å². The van der Waals surface area contributed by atoms with E-state index in [0.717, 1.165) is 29.7 Å². The molecule has 1 fully saturated rings. The van der Waals surface area contributed by atoms with Crippen LogP contribution in [-0.2, 0) is 32.7 Å². The topological polar surface area (TPSA) is 76.5 Å². The van der Waals surface area contributed by atoms with Crippen molar-refractivity contribution < 1.29 is 14.3 Å². The molecule has 2 heterocycles. The van der Waals surface area contributed by atoms with Crippen LogP contribution in [0.25, 0.3) is 0 Å². The standard InChI is InChI=1S/C28H32N4O3/c1-20-12-15-32(30-20)19-25(34)31-16-13-28(14-17-31)23-11-7-6-10-22(23)26(27(28)35-2)29-24(33)18-21-8-4-3-5-9-21/h3-12,15,26-27H,13-14,16-19H2,1-2H3,(H,29,33)/t26-,27+/m1/s1. The van der Waals surface area contributed by atoms with Gasteiger partial charge in [0.05, 0.1) is 24.3 Å². The van der Waals surface area contributed by atoms with E-state index in [1.54, 1.807) is 11.8 Å². The summed E-state index contributed by atoms with van der Waals surface area (Å²) in [6, 6.07) is 19.8. The molecule has 2 atom stereocenters. The van der Waals surface area contributed by atoms with Crippen LogP contribution in [0, 0.1) is 6.92 Å². The van der Waals surface area contributed by atoms with Crippen molar-refractivity contribution in [3.63, 3.8) is 0 Å². The molecule has 0 bridgehead atoms. The Kier molecular flexibility index (Phi) is 6.43. The number of benzene rings is 2. The molecule has 7 nitrogen and oxygen atoms in total. The molecule has 0 unspecified atom stereocenters. The van der Waals surface area contributed by atoms with Crippen LogP contribution in [0.5, 0.6) is 0 Å². The molecule has 5 rings (SSSR count). The van der Waals surface area contributed by atoms with E-state index < -0.39 is 0 Å². The summed E-state index contributed by atoms with van der Waals surface area (Å²) in [6.07, 6.45) is 3.56. The zero-order valence-electron chi connectivity index (χ0n) is 20.3. The zero-order chi connectivity index (χ0) is 24.4. The Morgan fingerprint density at radius 3 is 2.46 bits per heavy atom. The van der Waals surface area contributed by atoms with Gasteiger partial charge in [0.25, 0.3) is 0 Å². The van der Waals surface area contributed by atoms with Crippen molar-refractivity contribution in [1.29, 1.82) is 0 Å². The fraction of sp³-hybridized carbons (Fsp3) is 0.393. The van der Waals surface area contributed by atoms with Gasteiger partial charge >= 0.3 is 0 Å². The van der Waals surface area contributed by atoms with Crippen molar-refractivity contribution >= 4 is 11.8 Å². The molecule has 1 aliphatic heterocycles. The van der Waals surface area contributed by atoms with Crippen LogP contribution in [0.1, 0.15) is 41.3 Å². The van der Waals surface area contributed by atoms with Crippen LogP contribution in [-0.4, -0.2) is 52.8 Å². The SMILES string of the molecule is CO[C@H]1[C@H](NC(=O)Cc2ccccc2)c2ccccc2C12CCN(C(=O)Cn1ccc(C)n1)CC2. The minimum Gasteiger partial charge on any atom is -0.378 e. The van der Waals surface area contributed by atoms with E-state index >= 15 is 0 Å². The molecule has 182 valence electrons. The quantitative estimate of drug-likeness (QED) is 0.598. The summed E-state index contributed by atoms with van der Waals surface area (Å²) in [5.74, 6) is 0.0631. The molecule has 1 aromatic heterocycles. The second kappa shape index (κ2) is 9.66. The molecule has 7 heteroatoms. The Balaban J connectivity index is 1.33. The average Bonchev–Trinajstić information content (AvgIpc) is 3.39. The predicted octanol–water partition coefficient (Wildman–Crippen LogP) is 3.18. The number of fused-ring (bicyclic) bond motifs is 2. The molecule has 2 amide bonds. The summed E-state index contributed by atoms with van der Waals surface area (Å²) in [7, 11) is 1.73. The van der Waals surface area contributed by atoms with Crippen molar-refractivity contribution in [1.82, 2.24) is 20.0 Å².